The standard InChI is InChI=1S/C24H29F4N5OS/c1-15-23(34-14-29-15)16(2)30-31-17(3)35-10-4-8-32-12-18-7-9-33(22(18)13-32)21-6-5-19(11-20(21)25)24(26,27)28/h5-6,11,14,18,22H,4,7-10,12-13H2,1-3H3/b30-16+,31-17+/t18-,22+/m0/s1. The molecule has 2 saturated heterocycles. The number of likely N-dealkylation sites (tertiary alicyclic amines) is 1. The summed E-state index contributed by atoms with van der Waals surface area (Å²) in [6.45, 7) is 8.92. The van der Waals surface area contributed by atoms with E-state index >= 15 is 0 Å². The molecule has 35 heavy (non-hydrogen) atoms. The first-order valence-electron chi connectivity index (χ1n) is 11.6. The third-order valence-electron chi connectivity index (χ3n) is 6.55. The van der Waals surface area contributed by atoms with Gasteiger partial charge in [-0.25, -0.2) is 9.37 Å². The van der Waals surface area contributed by atoms with Crippen LogP contribution in [0.5, 0.6) is 0 Å². The number of hydrogen-bond acceptors (Lipinski definition) is 7. The van der Waals surface area contributed by atoms with Crippen LogP contribution in [0.25, 0.3) is 0 Å². The summed E-state index contributed by atoms with van der Waals surface area (Å²) in [7, 11) is 0. The Morgan fingerprint density at radius 2 is 2.03 bits per heavy atom. The number of benzene rings is 1. The Balaban J connectivity index is 1.25. The first-order valence-corrected chi connectivity index (χ1v) is 12.6. The first-order chi connectivity index (χ1) is 16.6. The Bertz CT molecular complexity index is 1100. The largest absolute Gasteiger partial charge is 0.442 e. The molecule has 1 aromatic heterocycles. The van der Waals surface area contributed by atoms with Crippen molar-refractivity contribution in [3.05, 3.63) is 47.4 Å². The van der Waals surface area contributed by atoms with Gasteiger partial charge in [0.25, 0.3) is 0 Å². The lowest BCUT2D eigenvalue weighted by Gasteiger charge is -2.27. The average Bonchev–Trinajstić information content (AvgIpc) is 3.50. The third-order valence-corrected chi connectivity index (χ3v) is 7.54. The zero-order chi connectivity index (χ0) is 25.2. The molecule has 1 aromatic carbocycles. The van der Waals surface area contributed by atoms with Gasteiger partial charge in [0, 0.05) is 31.4 Å². The van der Waals surface area contributed by atoms with E-state index in [1.54, 1.807) is 11.8 Å². The molecule has 0 N–H and O–H groups in total. The van der Waals surface area contributed by atoms with Crippen LogP contribution in [-0.2, 0) is 6.18 Å². The fraction of sp³-hybridized carbons (Fsp3) is 0.542. The maximum absolute atomic E-state index is 14.5. The molecule has 2 aliphatic rings. The molecular weight excluding hydrogens is 482 g/mol. The summed E-state index contributed by atoms with van der Waals surface area (Å²) in [5.74, 6) is 1.14. The predicted octanol–water partition coefficient (Wildman–Crippen LogP) is 5.62. The molecule has 0 saturated carbocycles. The molecule has 2 aromatic rings. The minimum atomic E-state index is -4.54. The van der Waals surface area contributed by atoms with Crippen molar-refractivity contribution in [3.63, 3.8) is 0 Å². The van der Waals surface area contributed by atoms with E-state index in [0.29, 0.717) is 30.0 Å². The van der Waals surface area contributed by atoms with E-state index in [4.69, 9.17) is 4.42 Å². The smallest absolute Gasteiger partial charge is 0.416 e. The predicted molar refractivity (Wildman–Crippen MR) is 131 cm³/mol. The maximum atomic E-state index is 14.5. The number of rotatable bonds is 7. The van der Waals surface area contributed by atoms with E-state index in [0.717, 1.165) is 55.0 Å². The van der Waals surface area contributed by atoms with E-state index < -0.39 is 17.6 Å². The summed E-state index contributed by atoms with van der Waals surface area (Å²) in [5.41, 5.74) is 0.776. The van der Waals surface area contributed by atoms with Crippen LogP contribution in [0.15, 0.2) is 39.2 Å². The highest BCUT2D eigenvalue weighted by molar-refractivity contribution is 8.13. The van der Waals surface area contributed by atoms with Gasteiger partial charge in [-0.2, -0.15) is 18.3 Å². The lowest BCUT2D eigenvalue weighted by atomic mass is 10.0. The summed E-state index contributed by atoms with van der Waals surface area (Å²) in [4.78, 5) is 8.37. The molecule has 0 unspecified atom stereocenters. The van der Waals surface area contributed by atoms with Gasteiger partial charge < -0.3 is 14.2 Å². The van der Waals surface area contributed by atoms with Crippen molar-refractivity contribution >= 4 is 28.2 Å². The molecule has 0 bridgehead atoms. The van der Waals surface area contributed by atoms with E-state index in [2.05, 4.69) is 20.1 Å². The Hall–Kier alpha value is -2.40. The van der Waals surface area contributed by atoms with Crippen molar-refractivity contribution in [2.75, 3.05) is 36.8 Å². The zero-order valence-corrected chi connectivity index (χ0v) is 20.8. The van der Waals surface area contributed by atoms with Crippen LogP contribution in [-0.4, -0.2) is 58.6 Å². The number of alkyl halides is 3. The van der Waals surface area contributed by atoms with Crippen molar-refractivity contribution < 1.29 is 22.0 Å². The minimum absolute atomic E-state index is 0.133. The van der Waals surface area contributed by atoms with Crippen molar-refractivity contribution in [2.45, 2.75) is 45.8 Å². The number of nitrogens with zero attached hydrogens (tertiary/aromatic N) is 5. The molecule has 4 rings (SSSR count). The first kappa shape index (κ1) is 25.7. The summed E-state index contributed by atoms with van der Waals surface area (Å²) in [5, 5.41) is 9.35. The van der Waals surface area contributed by atoms with Gasteiger partial charge in [0.05, 0.1) is 22.0 Å². The molecule has 2 atom stereocenters. The molecule has 0 aliphatic carbocycles. The molecular formula is C24H29F4N5OS. The van der Waals surface area contributed by atoms with Gasteiger partial charge >= 0.3 is 6.18 Å². The van der Waals surface area contributed by atoms with Crippen LogP contribution in [0.4, 0.5) is 23.2 Å². The maximum Gasteiger partial charge on any atom is 0.416 e. The summed E-state index contributed by atoms with van der Waals surface area (Å²) >= 11 is 1.65. The van der Waals surface area contributed by atoms with Crippen molar-refractivity contribution in [1.82, 2.24) is 9.88 Å². The van der Waals surface area contributed by atoms with Gasteiger partial charge in [0.2, 0.25) is 0 Å². The highest BCUT2D eigenvalue weighted by atomic mass is 32.2. The number of aryl methyl sites for hydroxylation is 1. The molecule has 6 nitrogen and oxygen atoms in total. The van der Waals surface area contributed by atoms with Crippen LogP contribution in [0.1, 0.15) is 43.7 Å². The van der Waals surface area contributed by atoms with E-state index in [1.807, 2.05) is 25.7 Å². The number of oxazole rings is 1. The monoisotopic (exact) mass is 511 g/mol. The van der Waals surface area contributed by atoms with Crippen molar-refractivity contribution in [3.8, 4) is 0 Å². The van der Waals surface area contributed by atoms with Crippen LogP contribution in [0, 0.1) is 18.7 Å². The van der Waals surface area contributed by atoms with Gasteiger partial charge in [-0.1, -0.05) is 0 Å². The van der Waals surface area contributed by atoms with Crippen molar-refractivity contribution in [2.24, 2.45) is 16.1 Å². The molecule has 0 radical (unpaired) electrons. The van der Waals surface area contributed by atoms with Gasteiger partial charge in [0.15, 0.2) is 12.2 Å². The van der Waals surface area contributed by atoms with Crippen LogP contribution < -0.4 is 4.90 Å². The molecule has 2 aliphatic heterocycles. The molecule has 0 spiro atoms. The zero-order valence-electron chi connectivity index (χ0n) is 20.0. The van der Waals surface area contributed by atoms with Crippen LogP contribution in [0.2, 0.25) is 0 Å². The number of thioether (sulfide) groups is 1. The highest BCUT2D eigenvalue weighted by Gasteiger charge is 2.42. The lowest BCUT2D eigenvalue weighted by molar-refractivity contribution is -0.137. The Labute approximate surface area is 206 Å². The van der Waals surface area contributed by atoms with Gasteiger partial charge in [-0.3, -0.25) is 0 Å². The number of aromatic nitrogens is 1. The summed E-state index contributed by atoms with van der Waals surface area (Å²) in [6, 6.07) is 2.98. The van der Waals surface area contributed by atoms with Crippen molar-refractivity contribution in [1.29, 1.82) is 0 Å². The van der Waals surface area contributed by atoms with Gasteiger partial charge in [-0.15, -0.1) is 16.9 Å². The Morgan fingerprint density at radius 3 is 2.71 bits per heavy atom. The van der Waals surface area contributed by atoms with Crippen LogP contribution in [0.3, 0.4) is 0 Å². The van der Waals surface area contributed by atoms with E-state index in [-0.39, 0.29) is 11.7 Å². The van der Waals surface area contributed by atoms with E-state index in [1.165, 1.54) is 12.5 Å². The van der Waals surface area contributed by atoms with E-state index in [9.17, 15) is 17.6 Å². The lowest BCUT2D eigenvalue weighted by Crippen LogP contribution is -2.36. The fourth-order valence-electron chi connectivity index (χ4n) is 4.82. The fourth-order valence-corrected chi connectivity index (χ4v) is 5.49. The normalized spacial score (nSPS) is 21.7. The number of anilines is 1. The van der Waals surface area contributed by atoms with Gasteiger partial charge in [0.1, 0.15) is 11.5 Å². The second-order valence-corrected chi connectivity index (χ2v) is 10.3. The van der Waals surface area contributed by atoms with Gasteiger partial charge in [-0.05, 0) is 64.3 Å². The Morgan fingerprint density at radius 1 is 1.23 bits per heavy atom. The number of hydrogen-bond donors (Lipinski definition) is 0. The topological polar surface area (TPSA) is 57.2 Å². The summed E-state index contributed by atoms with van der Waals surface area (Å²) < 4.78 is 58.5. The molecule has 3 heterocycles. The van der Waals surface area contributed by atoms with Crippen LogP contribution >= 0.6 is 11.8 Å². The molecule has 0 amide bonds. The number of halogens is 4. The molecule has 2 fully saturated rings. The molecule has 190 valence electrons. The summed E-state index contributed by atoms with van der Waals surface area (Å²) in [6.07, 6.45) is -1.26. The minimum Gasteiger partial charge on any atom is -0.442 e. The Kier molecular flexibility index (Phi) is 7.85. The average molecular weight is 512 g/mol. The molecule has 11 heteroatoms. The number of fused-ring (bicyclic) bond motifs is 1. The SMILES string of the molecule is C/C(=N\N=C(/C)c1ocnc1C)SCCCN1C[C@@H]2CCN(c3ccc(C(F)(F)F)cc3F)[C@@H]2C1. The second kappa shape index (κ2) is 10.7. The quantitative estimate of drug-likeness (QED) is 0.159. The second-order valence-electron chi connectivity index (χ2n) is 9.01. The third kappa shape index (κ3) is 6.06. The highest BCUT2D eigenvalue weighted by Crippen LogP contribution is 2.38.